The lowest BCUT2D eigenvalue weighted by Gasteiger charge is -2.30. The van der Waals surface area contributed by atoms with Gasteiger partial charge in [-0.2, -0.15) is 8.78 Å². The Morgan fingerprint density at radius 2 is 1.89 bits per heavy atom. The van der Waals surface area contributed by atoms with E-state index in [1.165, 1.54) is 17.0 Å². The van der Waals surface area contributed by atoms with E-state index in [1.54, 1.807) is 23.5 Å². The van der Waals surface area contributed by atoms with Gasteiger partial charge in [-0.15, -0.1) is 11.3 Å². The Hall–Kier alpha value is -1.99. The first-order chi connectivity index (χ1) is 12.8. The number of amides is 1. The maximum absolute atomic E-state index is 12.1. The zero-order valence-corrected chi connectivity index (χ0v) is 16.6. The average molecular weight is 397 g/mol. The Morgan fingerprint density at radius 3 is 2.44 bits per heavy atom. The van der Waals surface area contributed by atoms with E-state index in [-0.39, 0.29) is 29.7 Å². The van der Waals surface area contributed by atoms with Crippen LogP contribution in [0, 0.1) is 5.41 Å². The molecule has 1 heterocycles. The van der Waals surface area contributed by atoms with Crippen molar-refractivity contribution in [2.45, 2.75) is 39.8 Å². The van der Waals surface area contributed by atoms with E-state index in [4.69, 9.17) is 0 Å². The first-order valence-electron chi connectivity index (χ1n) is 8.83. The molecule has 0 saturated heterocycles. The number of hydrogen-bond donors (Lipinski definition) is 2. The summed E-state index contributed by atoms with van der Waals surface area (Å²) in [6, 6.07) is 10.6. The Labute approximate surface area is 162 Å². The van der Waals surface area contributed by atoms with Crippen LogP contribution in [-0.2, 0) is 11.2 Å². The van der Waals surface area contributed by atoms with Gasteiger partial charge in [0.05, 0.1) is 6.54 Å². The number of thiophene rings is 1. The number of carbonyl (C=O) groups is 1. The van der Waals surface area contributed by atoms with Gasteiger partial charge in [0.1, 0.15) is 5.75 Å². The van der Waals surface area contributed by atoms with Crippen LogP contribution >= 0.6 is 11.3 Å². The summed E-state index contributed by atoms with van der Waals surface area (Å²) in [5.41, 5.74) is 0.934. The Balaban J connectivity index is 1.75. The Kier molecular flexibility index (Phi) is 7.74. The summed E-state index contributed by atoms with van der Waals surface area (Å²) in [4.78, 5) is 13.3. The summed E-state index contributed by atoms with van der Waals surface area (Å²) in [6.07, 6.45) is 0.619. The molecule has 1 amide bonds. The first-order valence-corrected chi connectivity index (χ1v) is 9.71. The second-order valence-corrected chi connectivity index (χ2v) is 8.30. The van der Waals surface area contributed by atoms with Crippen molar-refractivity contribution < 1.29 is 18.3 Å². The number of benzene rings is 1. The van der Waals surface area contributed by atoms with Gasteiger partial charge in [0.25, 0.3) is 0 Å². The summed E-state index contributed by atoms with van der Waals surface area (Å²) >= 11 is 1.68. The van der Waals surface area contributed by atoms with Gasteiger partial charge in [-0.3, -0.25) is 4.79 Å². The molecule has 2 N–H and O–H groups in total. The summed E-state index contributed by atoms with van der Waals surface area (Å²) in [5.74, 6) is 0.0576. The largest absolute Gasteiger partial charge is 0.435 e. The molecule has 0 radical (unpaired) electrons. The number of ether oxygens (including phenoxy) is 1. The molecular weight excluding hydrogens is 370 g/mol. The van der Waals surface area contributed by atoms with Gasteiger partial charge >= 0.3 is 6.61 Å². The van der Waals surface area contributed by atoms with Crippen LogP contribution < -0.4 is 15.4 Å². The SMILES string of the molecule is CC(C)(C)C(NCC(=O)NCCc1ccc(OC(F)F)cc1)c1cccs1. The van der Waals surface area contributed by atoms with Crippen LogP contribution in [0.2, 0.25) is 0 Å². The molecule has 0 aliphatic carbocycles. The molecule has 0 saturated carbocycles. The third kappa shape index (κ3) is 7.27. The topological polar surface area (TPSA) is 50.4 Å². The maximum atomic E-state index is 12.1. The van der Waals surface area contributed by atoms with Crippen LogP contribution in [0.4, 0.5) is 8.78 Å². The predicted octanol–water partition coefficient (Wildman–Crippen LogP) is 4.39. The monoisotopic (exact) mass is 396 g/mol. The standard InChI is InChI=1S/C20H26F2N2O2S/c1-20(2,3)18(16-5-4-12-27-16)24-13-17(25)23-11-10-14-6-8-15(9-7-14)26-19(21)22/h4-9,12,18-19,24H,10-11,13H2,1-3H3,(H,23,25). The van der Waals surface area contributed by atoms with Crippen molar-refractivity contribution in [1.29, 1.82) is 0 Å². The third-order valence-corrected chi connectivity index (χ3v) is 4.98. The van der Waals surface area contributed by atoms with Gasteiger partial charge in [-0.25, -0.2) is 0 Å². The van der Waals surface area contributed by atoms with E-state index in [0.29, 0.717) is 13.0 Å². The van der Waals surface area contributed by atoms with Gasteiger partial charge in [-0.05, 0) is 41.0 Å². The van der Waals surface area contributed by atoms with Crippen molar-refractivity contribution in [1.82, 2.24) is 10.6 Å². The highest BCUT2D eigenvalue weighted by atomic mass is 32.1. The molecule has 2 rings (SSSR count). The van der Waals surface area contributed by atoms with Gasteiger partial charge in [0.15, 0.2) is 0 Å². The van der Waals surface area contributed by atoms with Gasteiger partial charge < -0.3 is 15.4 Å². The fraction of sp³-hybridized carbons (Fsp3) is 0.450. The lowest BCUT2D eigenvalue weighted by Crippen LogP contribution is -2.40. The summed E-state index contributed by atoms with van der Waals surface area (Å²) in [5, 5.41) is 8.26. The van der Waals surface area contributed by atoms with E-state index < -0.39 is 6.61 Å². The fourth-order valence-electron chi connectivity index (χ4n) is 2.73. The number of nitrogens with one attached hydrogen (secondary N) is 2. The van der Waals surface area contributed by atoms with Crippen LogP contribution in [-0.4, -0.2) is 25.6 Å². The maximum Gasteiger partial charge on any atom is 0.387 e. The molecule has 0 aliphatic rings. The summed E-state index contributed by atoms with van der Waals surface area (Å²) < 4.78 is 28.6. The lowest BCUT2D eigenvalue weighted by atomic mass is 9.86. The van der Waals surface area contributed by atoms with Crippen LogP contribution in [0.3, 0.4) is 0 Å². The highest BCUT2D eigenvalue weighted by molar-refractivity contribution is 7.10. The smallest absolute Gasteiger partial charge is 0.387 e. The zero-order valence-electron chi connectivity index (χ0n) is 15.8. The molecule has 1 atom stereocenters. The lowest BCUT2D eigenvalue weighted by molar-refractivity contribution is -0.120. The number of carbonyl (C=O) groups excluding carboxylic acids is 1. The molecule has 1 aromatic carbocycles. The van der Waals surface area contributed by atoms with Gasteiger partial charge in [-0.1, -0.05) is 39.0 Å². The molecule has 0 spiro atoms. The minimum atomic E-state index is -2.83. The molecule has 2 aromatic rings. The Morgan fingerprint density at radius 1 is 1.19 bits per heavy atom. The predicted molar refractivity (Wildman–Crippen MR) is 104 cm³/mol. The fourth-order valence-corrected chi connectivity index (χ4v) is 3.77. The van der Waals surface area contributed by atoms with Gasteiger partial charge in [0.2, 0.25) is 5.91 Å². The summed E-state index contributed by atoms with van der Waals surface area (Å²) in [6.45, 7) is 4.32. The van der Waals surface area contributed by atoms with Crippen molar-refractivity contribution in [2.75, 3.05) is 13.1 Å². The van der Waals surface area contributed by atoms with Crippen LogP contribution in [0.25, 0.3) is 0 Å². The third-order valence-electron chi connectivity index (χ3n) is 4.04. The van der Waals surface area contributed by atoms with Crippen molar-refractivity contribution in [3.8, 4) is 5.75 Å². The molecule has 27 heavy (non-hydrogen) atoms. The van der Waals surface area contributed by atoms with E-state index in [2.05, 4.69) is 42.2 Å². The quantitative estimate of drug-likeness (QED) is 0.661. The minimum absolute atomic E-state index is 0.00677. The first kappa shape index (κ1) is 21.3. The Bertz CT molecular complexity index is 698. The second kappa shape index (κ2) is 9.80. The second-order valence-electron chi connectivity index (χ2n) is 7.32. The minimum Gasteiger partial charge on any atom is -0.435 e. The van der Waals surface area contributed by atoms with Crippen molar-refractivity contribution >= 4 is 17.2 Å². The molecule has 148 valence electrons. The molecule has 0 fully saturated rings. The number of halogens is 2. The van der Waals surface area contributed by atoms with E-state index in [1.807, 2.05) is 11.4 Å². The zero-order chi connectivity index (χ0) is 19.9. The normalized spacial score (nSPS) is 12.8. The average Bonchev–Trinajstić information content (AvgIpc) is 3.09. The highest BCUT2D eigenvalue weighted by Crippen LogP contribution is 2.34. The van der Waals surface area contributed by atoms with E-state index in [0.717, 1.165) is 5.56 Å². The highest BCUT2D eigenvalue weighted by Gasteiger charge is 2.27. The number of rotatable bonds is 9. The molecule has 0 bridgehead atoms. The number of hydrogen-bond acceptors (Lipinski definition) is 4. The molecule has 7 heteroatoms. The number of alkyl halides is 2. The van der Waals surface area contributed by atoms with Crippen molar-refractivity contribution in [2.24, 2.45) is 5.41 Å². The van der Waals surface area contributed by atoms with Crippen LogP contribution in [0.5, 0.6) is 5.75 Å². The van der Waals surface area contributed by atoms with Crippen molar-refractivity contribution in [3.05, 3.63) is 52.2 Å². The summed E-state index contributed by atoms with van der Waals surface area (Å²) in [7, 11) is 0. The van der Waals surface area contributed by atoms with Crippen LogP contribution in [0.1, 0.15) is 37.3 Å². The van der Waals surface area contributed by atoms with E-state index >= 15 is 0 Å². The van der Waals surface area contributed by atoms with Gasteiger partial charge in [0, 0.05) is 17.5 Å². The molecule has 1 aromatic heterocycles. The molecule has 1 unspecified atom stereocenters. The van der Waals surface area contributed by atoms with E-state index in [9.17, 15) is 13.6 Å². The van der Waals surface area contributed by atoms with Crippen LogP contribution in [0.15, 0.2) is 41.8 Å². The molecule has 4 nitrogen and oxygen atoms in total. The molecular formula is C20H26F2N2O2S. The molecule has 0 aliphatic heterocycles. The van der Waals surface area contributed by atoms with Crippen molar-refractivity contribution in [3.63, 3.8) is 0 Å².